The molecule has 0 heterocycles. The second-order valence-corrected chi connectivity index (χ2v) is 4.79. The van der Waals surface area contributed by atoms with Crippen LogP contribution in [0.15, 0.2) is 29.3 Å². The van der Waals surface area contributed by atoms with Gasteiger partial charge in [-0.2, -0.15) is 0 Å². The Balaban J connectivity index is 2.43. The summed E-state index contributed by atoms with van der Waals surface area (Å²) >= 11 is 0. The van der Waals surface area contributed by atoms with E-state index in [-0.39, 0.29) is 6.10 Å². The minimum atomic E-state index is 0.184. The van der Waals surface area contributed by atoms with Crippen LogP contribution in [-0.2, 0) is 0 Å². The lowest BCUT2D eigenvalue weighted by atomic mass is 10.2. The molecule has 106 valence electrons. The van der Waals surface area contributed by atoms with Crippen LogP contribution >= 0.6 is 0 Å². The van der Waals surface area contributed by atoms with Gasteiger partial charge in [0.2, 0.25) is 0 Å². The smallest absolute Gasteiger partial charge is 0.193 e. The summed E-state index contributed by atoms with van der Waals surface area (Å²) in [4.78, 5) is 4.28. The van der Waals surface area contributed by atoms with Crippen molar-refractivity contribution in [3.8, 4) is 5.75 Å². The van der Waals surface area contributed by atoms with Gasteiger partial charge < -0.3 is 15.8 Å². The predicted molar refractivity (Wildman–Crippen MR) is 81.8 cm³/mol. The Morgan fingerprint density at radius 3 is 2.53 bits per heavy atom. The second-order valence-electron chi connectivity index (χ2n) is 4.79. The van der Waals surface area contributed by atoms with Gasteiger partial charge in [0.05, 0.1) is 6.10 Å². The highest BCUT2D eigenvalue weighted by Gasteiger charge is 1.99. The molecule has 1 aromatic carbocycles. The Morgan fingerprint density at radius 1 is 1.26 bits per heavy atom. The topological polar surface area (TPSA) is 59.6 Å². The average Bonchev–Trinajstić information content (AvgIpc) is 2.36. The van der Waals surface area contributed by atoms with Crippen molar-refractivity contribution >= 4 is 11.6 Å². The predicted octanol–water partition coefficient (Wildman–Crippen LogP) is 3.39. The van der Waals surface area contributed by atoms with Gasteiger partial charge in [0.15, 0.2) is 5.96 Å². The molecule has 0 fully saturated rings. The third kappa shape index (κ3) is 6.70. The number of unbranched alkanes of at least 4 members (excludes halogenated alkanes) is 2. The standard InChI is InChI=1S/C15H25N3O/c1-4-5-6-11-17-15(16)18-13-7-9-14(10-8-13)19-12(2)3/h7-10,12H,4-6,11H2,1-3H3,(H3,16,17,18). The summed E-state index contributed by atoms with van der Waals surface area (Å²) in [7, 11) is 0. The number of ether oxygens (including phenoxy) is 1. The number of nitrogens with zero attached hydrogens (tertiary/aromatic N) is 1. The Kier molecular flexibility index (Phi) is 6.79. The zero-order chi connectivity index (χ0) is 14.1. The molecule has 0 bridgehead atoms. The number of benzene rings is 1. The summed E-state index contributed by atoms with van der Waals surface area (Å²) in [5.41, 5.74) is 6.74. The van der Waals surface area contributed by atoms with Gasteiger partial charge in [0, 0.05) is 12.2 Å². The van der Waals surface area contributed by atoms with Gasteiger partial charge in [-0.25, -0.2) is 0 Å². The molecule has 0 unspecified atom stereocenters. The molecule has 3 N–H and O–H groups in total. The average molecular weight is 263 g/mol. The Labute approximate surface area is 116 Å². The molecular weight excluding hydrogens is 238 g/mol. The molecule has 0 spiro atoms. The maximum Gasteiger partial charge on any atom is 0.193 e. The summed E-state index contributed by atoms with van der Waals surface area (Å²) in [6.07, 6.45) is 3.65. The van der Waals surface area contributed by atoms with Crippen molar-refractivity contribution in [3.05, 3.63) is 24.3 Å². The van der Waals surface area contributed by atoms with E-state index in [1.54, 1.807) is 0 Å². The van der Waals surface area contributed by atoms with Crippen LogP contribution in [0, 0.1) is 0 Å². The molecule has 1 rings (SSSR count). The molecule has 0 aliphatic carbocycles. The monoisotopic (exact) mass is 263 g/mol. The van der Waals surface area contributed by atoms with Crippen molar-refractivity contribution in [1.29, 1.82) is 0 Å². The minimum absolute atomic E-state index is 0.184. The van der Waals surface area contributed by atoms with Gasteiger partial charge in [-0.3, -0.25) is 4.99 Å². The molecule has 0 aromatic heterocycles. The molecule has 4 nitrogen and oxygen atoms in total. The molecule has 19 heavy (non-hydrogen) atoms. The minimum Gasteiger partial charge on any atom is -0.491 e. The largest absolute Gasteiger partial charge is 0.491 e. The lowest BCUT2D eigenvalue weighted by molar-refractivity contribution is 0.242. The van der Waals surface area contributed by atoms with E-state index in [2.05, 4.69) is 17.2 Å². The van der Waals surface area contributed by atoms with Crippen molar-refractivity contribution in [3.63, 3.8) is 0 Å². The number of hydrogen-bond donors (Lipinski definition) is 2. The first-order valence-corrected chi connectivity index (χ1v) is 6.95. The fourth-order valence-electron chi connectivity index (χ4n) is 1.64. The molecule has 1 aromatic rings. The van der Waals surface area contributed by atoms with Gasteiger partial charge in [0.1, 0.15) is 5.75 Å². The molecule has 0 aliphatic heterocycles. The fraction of sp³-hybridized carbons (Fsp3) is 0.533. The van der Waals surface area contributed by atoms with Crippen molar-refractivity contribution in [2.45, 2.75) is 46.1 Å². The number of anilines is 1. The van der Waals surface area contributed by atoms with E-state index >= 15 is 0 Å². The van der Waals surface area contributed by atoms with Crippen LogP contribution < -0.4 is 15.8 Å². The maximum atomic E-state index is 5.81. The zero-order valence-corrected chi connectivity index (χ0v) is 12.1. The van der Waals surface area contributed by atoms with E-state index in [9.17, 15) is 0 Å². The number of rotatable bonds is 7. The third-order valence-electron chi connectivity index (χ3n) is 2.54. The van der Waals surface area contributed by atoms with Crippen molar-refractivity contribution in [2.75, 3.05) is 11.9 Å². The lowest BCUT2D eigenvalue weighted by Crippen LogP contribution is -2.22. The summed E-state index contributed by atoms with van der Waals surface area (Å²) in [6, 6.07) is 7.72. The molecule has 4 heteroatoms. The first kappa shape index (κ1) is 15.3. The number of aliphatic imine (C=N–C) groups is 1. The van der Waals surface area contributed by atoms with Crippen LogP contribution in [-0.4, -0.2) is 18.6 Å². The summed E-state index contributed by atoms with van der Waals surface area (Å²) in [6.45, 7) is 6.97. The van der Waals surface area contributed by atoms with Gasteiger partial charge in [-0.05, 0) is 44.5 Å². The van der Waals surface area contributed by atoms with E-state index < -0.39 is 0 Å². The van der Waals surface area contributed by atoms with Gasteiger partial charge >= 0.3 is 0 Å². The van der Waals surface area contributed by atoms with Crippen LogP contribution in [0.1, 0.15) is 40.0 Å². The number of hydrogen-bond acceptors (Lipinski definition) is 2. The summed E-state index contributed by atoms with van der Waals surface area (Å²) in [5, 5.41) is 3.07. The Morgan fingerprint density at radius 2 is 1.95 bits per heavy atom. The Bertz CT molecular complexity index is 385. The number of nitrogens with one attached hydrogen (secondary N) is 1. The number of nitrogens with two attached hydrogens (primary N) is 1. The van der Waals surface area contributed by atoms with E-state index in [0.29, 0.717) is 5.96 Å². The third-order valence-corrected chi connectivity index (χ3v) is 2.54. The Hall–Kier alpha value is -1.71. The highest BCUT2D eigenvalue weighted by atomic mass is 16.5. The van der Waals surface area contributed by atoms with Gasteiger partial charge in [0.25, 0.3) is 0 Å². The zero-order valence-electron chi connectivity index (χ0n) is 12.1. The number of guanidine groups is 1. The molecule has 0 radical (unpaired) electrons. The maximum absolute atomic E-state index is 5.81. The molecule has 0 atom stereocenters. The molecule has 0 saturated carbocycles. The van der Waals surface area contributed by atoms with E-state index in [1.165, 1.54) is 12.8 Å². The van der Waals surface area contributed by atoms with Crippen LogP contribution in [0.3, 0.4) is 0 Å². The van der Waals surface area contributed by atoms with Crippen LogP contribution in [0.2, 0.25) is 0 Å². The van der Waals surface area contributed by atoms with Gasteiger partial charge in [-0.1, -0.05) is 19.8 Å². The molecular formula is C15H25N3O. The quantitative estimate of drug-likeness (QED) is 0.450. The van der Waals surface area contributed by atoms with Crippen molar-refractivity contribution < 1.29 is 4.74 Å². The lowest BCUT2D eigenvalue weighted by Gasteiger charge is -2.10. The molecule has 0 amide bonds. The summed E-state index contributed by atoms with van der Waals surface area (Å²) < 4.78 is 5.58. The summed E-state index contributed by atoms with van der Waals surface area (Å²) in [5.74, 6) is 1.33. The second kappa shape index (κ2) is 8.40. The van der Waals surface area contributed by atoms with Crippen molar-refractivity contribution in [1.82, 2.24) is 0 Å². The normalized spacial score (nSPS) is 11.7. The van der Waals surface area contributed by atoms with Crippen molar-refractivity contribution in [2.24, 2.45) is 10.7 Å². The SMILES string of the molecule is CCCCCN=C(N)Nc1ccc(OC(C)C)cc1. The highest BCUT2D eigenvalue weighted by molar-refractivity contribution is 5.92. The van der Waals surface area contributed by atoms with E-state index in [1.807, 2.05) is 38.1 Å². The fourth-order valence-corrected chi connectivity index (χ4v) is 1.64. The van der Waals surface area contributed by atoms with Crippen LogP contribution in [0.25, 0.3) is 0 Å². The van der Waals surface area contributed by atoms with E-state index in [4.69, 9.17) is 10.5 Å². The highest BCUT2D eigenvalue weighted by Crippen LogP contribution is 2.16. The van der Waals surface area contributed by atoms with Crippen LogP contribution in [0.4, 0.5) is 5.69 Å². The van der Waals surface area contributed by atoms with Gasteiger partial charge in [-0.15, -0.1) is 0 Å². The van der Waals surface area contributed by atoms with Crippen LogP contribution in [0.5, 0.6) is 5.75 Å². The first-order valence-electron chi connectivity index (χ1n) is 6.95. The first-order chi connectivity index (χ1) is 9.11. The molecule has 0 saturated heterocycles. The molecule has 0 aliphatic rings. The van der Waals surface area contributed by atoms with E-state index in [0.717, 1.165) is 24.4 Å².